The molecule has 10 heteroatoms. The zero-order chi connectivity index (χ0) is 35.0. The molecule has 1 unspecified atom stereocenters. The monoisotopic (exact) mass is 655 g/mol. The summed E-state index contributed by atoms with van der Waals surface area (Å²) in [6.07, 6.45) is 1.68. The molecule has 7 N–H and O–H groups in total. The van der Waals surface area contributed by atoms with Gasteiger partial charge in [0.2, 0.25) is 23.6 Å². The Morgan fingerprint density at radius 1 is 0.812 bits per heavy atom. The van der Waals surface area contributed by atoms with Gasteiger partial charge in [-0.05, 0) is 71.0 Å². The van der Waals surface area contributed by atoms with Gasteiger partial charge in [-0.15, -0.1) is 0 Å². The standard InChI is InChI=1S/C38H49N5O5/c1-23(2)28-20-27(44)21-29(24(3)4)30(28)22-31(39)38(48)43-17-11-16-34(43)37(47)42-33(19-26-14-9-6-10-15-26)36(46)41-32(35(40)45)18-25-12-7-5-8-13-25/h5-10,12-15,20-21,23-24,31-34,44H,11,16-19,22,39H2,1-4H3,(H2,40,45)(H,41,46)(H,42,47)/t31?,32-,33-,34-/m0/s1. The van der Waals surface area contributed by atoms with Gasteiger partial charge in [0.25, 0.3) is 0 Å². The number of nitrogens with zero attached hydrogens (tertiary/aromatic N) is 1. The van der Waals surface area contributed by atoms with Crippen molar-refractivity contribution < 1.29 is 24.3 Å². The second-order valence-corrected chi connectivity index (χ2v) is 13.3. The van der Waals surface area contributed by atoms with E-state index in [0.29, 0.717) is 19.4 Å². The van der Waals surface area contributed by atoms with Gasteiger partial charge < -0.3 is 32.1 Å². The molecule has 3 aromatic carbocycles. The van der Waals surface area contributed by atoms with E-state index in [2.05, 4.69) is 10.6 Å². The second kappa shape index (κ2) is 16.4. The van der Waals surface area contributed by atoms with Crippen molar-refractivity contribution in [1.82, 2.24) is 15.5 Å². The van der Waals surface area contributed by atoms with Gasteiger partial charge in [0, 0.05) is 19.4 Å². The molecule has 0 saturated carbocycles. The van der Waals surface area contributed by atoms with E-state index in [1.807, 2.05) is 88.4 Å². The average molecular weight is 656 g/mol. The lowest BCUT2D eigenvalue weighted by Gasteiger charge is -2.30. The van der Waals surface area contributed by atoms with Gasteiger partial charge in [0.05, 0.1) is 6.04 Å². The third-order valence-electron chi connectivity index (χ3n) is 8.99. The molecule has 0 spiro atoms. The van der Waals surface area contributed by atoms with E-state index in [1.54, 1.807) is 12.1 Å². The zero-order valence-electron chi connectivity index (χ0n) is 28.3. The van der Waals surface area contributed by atoms with Crippen LogP contribution in [0.15, 0.2) is 72.8 Å². The Morgan fingerprint density at radius 3 is 1.83 bits per heavy atom. The summed E-state index contributed by atoms with van der Waals surface area (Å²) in [6.45, 7) is 8.50. The number of nitrogens with two attached hydrogens (primary N) is 2. The molecule has 4 rings (SSSR count). The normalized spacial score (nSPS) is 16.4. The van der Waals surface area contributed by atoms with Crippen molar-refractivity contribution in [2.45, 2.75) is 95.8 Å². The number of amides is 4. The lowest BCUT2D eigenvalue weighted by Crippen LogP contribution is -2.58. The number of hydrogen-bond acceptors (Lipinski definition) is 6. The van der Waals surface area contributed by atoms with Crippen LogP contribution in [0.2, 0.25) is 0 Å². The van der Waals surface area contributed by atoms with Crippen LogP contribution in [-0.2, 0) is 38.4 Å². The van der Waals surface area contributed by atoms with E-state index in [4.69, 9.17) is 11.5 Å². The van der Waals surface area contributed by atoms with Crippen LogP contribution in [0.3, 0.4) is 0 Å². The summed E-state index contributed by atoms with van der Waals surface area (Å²) in [7, 11) is 0. The molecule has 10 nitrogen and oxygen atoms in total. The van der Waals surface area contributed by atoms with Crippen LogP contribution in [0.5, 0.6) is 5.75 Å². The number of phenolic OH excluding ortho intramolecular Hbond substituents is 1. The van der Waals surface area contributed by atoms with Crippen molar-refractivity contribution in [2.75, 3.05) is 6.54 Å². The van der Waals surface area contributed by atoms with Gasteiger partial charge in [-0.3, -0.25) is 19.2 Å². The summed E-state index contributed by atoms with van der Waals surface area (Å²) in [5, 5.41) is 16.0. The number of phenols is 1. The van der Waals surface area contributed by atoms with Crippen molar-refractivity contribution >= 4 is 23.6 Å². The molecule has 48 heavy (non-hydrogen) atoms. The van der Waals surface area contributed by atoms with Gasteiger partial charge in [0.15, 0.2) is 0 Å². The number of carbonyl (C=O) groups is 4. The molecule has 0 aromatic heterocycles. The highest BCUT2D eigenvalue weighted by Gasteiger charge is 2.38. The largest absolute Gasteiger partial charge is 0.508 e. The van der Waals surface area contributed by atoms with E-state index in [1.165, 1.54) is 4.90 Å². The molecule has 1 heterocycles. The highest BCUT2D eigenvalue weighted by Crippen LogP contribution is 2.33. The molecule has 1 fully saturated rings. The van der Waals surface area contributed by atoms with Gasteiger partial charge in [-0.1, -0.05) is 88.4 Å². The topological polar surface area (TPSA) is 168 Å². The maximum absolute atomic E-state index is 13.8. The first-order valence-corrected chi connectivity index (χ1v) is 16.7. The first-order chi connectivity index (χ1) is 22.8. The van der Waals surface area contributed by atoms with Crippen LogP contribution in [0.1, 0.15) is 80.2 Å². The first-order valence-electron chi connectivity index (χ1n) is 16.7. The van der Waals surface area contributed by atoms with Crippen LogP contribution < -0.4 is 22.1 Å². The fraction of sp³-hybridized carbons (Fsp3) is 0.421. The fourth-order valence-corrected chi connectivity index (χ4v) is 6.46. The zero-order valence-corrected chi connectivity index (χ0v) is 28.3. The summed E-state index contributed by atoms with van der Waals surface area (Å²) >= 11 is 0. The van der Waals surface area contributed by atoms with Crippen LogP contribution in [0.4, 0.5) is 0 Å². The van der Waals surface area contributed by atoms with E-state index in [-0.39, 0.29) is 42.8 Å². The molecule has 3 aromatic rings. The molecule has 0 radical (unpaired) electrons. The minimum Gasteiger partial charge on any atom is -0.508 e. The Bertz CT molecular complexity index is 1550. The fourth-order valence-electron chi connectivity index (χ4n) is 6.46. The number of aromatic hydroxyl groups is 1. The third-order valence-corrected chi connectivity index (χ3v) is 8.99. The number of carbonyl (C=O) groups excluding carboxylic acids is 4. The maximum Gasteiger partial charge on any atom is 0.243 e. The smallest absolute Gasteiger partial charge is 0.243 e. The van der Waals surface area contributed by atoms with Crippen molar-refractivity contribution in [1.29, 1.82) is 0 Å². The van der Waals surface area contributed by atoms with Gasteiger partial charge in [-0.25, -0.2) is 0 Å². The van der Waals surface area contributed by atoms with E-state index in [9.17, 15) is 24.3 Å². The Balaban J connectivity index is 1.52. The van der Waals surface area contributed by atoms with E-state index in [0.717, 1.165) is 27.8 Å². The molecule has 1 aliphatic heterocycles. The van der Waals surface area contributed by atoms with Crippen LogP contribution in [-0.4, -0.2) is 64.3 Å². The van der Waals surface area contributed by atoms with Gasteiger partial charge in [0.1, 0.15) is 23.9 Å². The summed E-state index contributed by atoms with van der Waals surface area (Å²) in [5.41, 5.74) is 16.7. The minimum atomic E-state index is -1.03. The molecule has 0 aliphatic carbocycles. The Labute approximate surface area is 283 Å². The Hall–Kier alpha value is -4.70. The van der Waals surface area contributed by atoms with E-state index >= 15 is 0 Å². The summed E-state index contributed by atoms with van der Waals surface area (Å²) in [4.78, 5) is 55.2. The number of likely N-dealkylation sites (tertiary alicyclic amines) is 1. The molecular weight excluding hydrogens is 606 g/mol. The predicted molar refractivity (Wildman–Crippen MR) is 186 cm³/mol. The molecular formula is C38H49N5O5. The van der Waals surface area contributed by atoms with Crippen LogP contribution in [0.25, 0.3) is 0 Å². The number of primary amides is 1. The predicted octanol–water partition coefficient (Wildman–Crippen LogP) is 3.44. The Morgan fingerprint density at radius 2 is 1.33 bits per heavy atom. The quantitative estimate of drug-likeness (QED) is 0.178. The summed E-state index contributed by atoms with van der Waals surface area (Å²) in [5.74, 6) is -1.65. The molecule has 1 aliphatic rings. The number of rotatable bonds is 14. The molecule has 256 valence electrons. The van der Waals surface area contributed by atoms with Crippen LogP contribution >= 0.6 is 0 Å². The Kier molecular flexibility index (Phi) is 12.4. The lowest BCUT2D eigenvalue weighted by atomic mass is 9.85. The molecule has 1 saturated heterocycles. The highest BCUT2D eigenvalue weighted by atomic mass is 16.3. The number of benzene rings is 3. The number of nitrogens with one attached hydrogen (secondary N) is 2. The van der Waals surface area contributed by atoms with Crippen molar-refractivity contribution in [2.24, 2.45) is 11.5 Å². The average Bonchev–Trinajstić information content (AvgIpc) is 3.55. The lowest BCUT2D eigenvalue weighted by molar-refractivity contribution is -0.140. The molecule has 0 bridgehead atoms. The molecule has 4 atom stereocenters. The third kappa shape index (κ3) is 9.22. The number of hydrogen-bond donors (Lipinski definition) is 5. The highest BCUT2D eigenvalue weighted by molar-refractivity contribution is 5.95. The van der Waals surface area contributed by atoms with Crippen LogP contribution in [0, 0.1) is 0 Å². The molecule has 4 amide bonds. The summed E-state index contributed by atoms with van der Waals surface area (Å²) in [6, 6.07) is 18.2. The minimum absolute atomic E-state index is 0.103. The van der Waals surface area contributed by atoms with Gasteiger partial charge in [-0.2, -0.15) is 0 Å². The second-order valence-electron chi connectivity index (χ2n) is 13.3. The van der Waals surface area contributed by atoms with Crippen molar-refractivity contribution in [3.63, 3.8) is 0 Å². The van der Waals surface area contributed by atoms with Gasteiger partial charge >= 0.3 is 0 Å². The van der Waals surface area contributed by atoms with Crippen molar-refractivity contribution in [3.05, 3.63) is 101 Å². The maximum atomic E-state index is 13.8. The SMILES string of the molecule is CC(C)c1cc(O)cc(C(C)C)c1CC(N)C(=O)N1CCC[C@H]1C(=O)N[C@@H](Cc1ccccc1)C(=O)N[C@@H](Cc1ccccc1)C(N)=O. The summed E-state index contributed by atoms with van der Waals surface area (Å²) < 4.78 is 0. The first kappa shape index (κ1) is 36.1. The van der Waals surface area contributed by atoms with E-state index < -0.39 is 41.9 Å². The van der Waals surface area contributed by atoms with Crippen molar-refractivity contribution in [3.8, 4) is 5.75 Å².